The van der Waals surface area contributed by atoms with Crippen molar-refractivity contribution in [2.75, 3.05) is 45.8 Å². The topological polar surface area (TPSA) is 134 Å². The average Bonchev–Trinajstić information content (AvgIpc) is 2.61. The van der Waals surface area contributed by atoms with Gasteiger partial charge in [-0.15, -0.1) is 0 Å². The number of carbonyl (C=O) groups excluding carboxylic acids is 1. The first-order chi connectivity index (χ1) is 12.6. The van der Waals surface area contributed by atoms with Crippen LogP contribution < -0.4 is 20.5 Å². The largest absolute Gasteiger partial charge is 0.497 e. The molecule has 0 aliphatic carbocycles. The minimum atomic E-state index is -5.08. The number of benzene rings is 1. The third kappa shape index (κ3) is 8.96. The summed E-state index contributed by atoms with van der Waals surface area (Å²) in [4.78, 5) is 22.4. The molecule has 0 aliphatic heterocycles. The van der Waals surface area contributed by atoms with Gasteiger partial charge in [0.15, 0.2) is 0 Å². The number of aliphatic carboxylic acids is 1. The molecule has 0 unspecified atom stereocenters. The van der Waals surface area contributed by atoms with Gasteiger partial charge in [-0.05, 0) is 12.1 Å². The lowest BCUT2D eigenvalue weighted by molar-refractivity contribution is -0.192. The Morgan fingerprint density at radius 3 is 2.22 bits per heavy atom. The molecule has 1 rings (SSSR count). The lowest BCUT2D eigenvalue weighted by Crippen LogP contribution is -2.40. The molecule has 0 aromatic heterocycles. The predicted octanol–water partition coefficient (Wildman–Crippen LogP) is 1.12. The molecule has 0 heterocycles. The van der Waals surface area contributed by atoms with Gasteiger partial charge in [0, 0.05) is 25.7 Å². The number of nitrogens with zero attached hydrogens (tertiary/aromatic N) is 1. The molecular weight excluding hydrogens is 375 g/mol. The summed E-state index contributed by atoms with van der Waals surface area (Å²) in [6.07, 6.45) is -5.08. The number of rotatable bonds is 7. The zero-order valence-electron chi connectivity index (χ0n) is 14.7. The number of amides is 2. The SMILES string of the molecule is COc1ccc(NC(=O)N(CCN)CCO)c(OC)c1.O=C(O)C(F)(F)F. The molecule has 0 radical (unpaired) electrons. The summed E-state index contributed by atoms with van der Waals surface area (Å²) >= 11 is 0. The summed E-state index contributed by atoms with van der Waals surface area (Å²) in [6, 6.07) is 4.74. The Bertz CT molecular complexity index is 607. The lowest BCUT2D eigenvalue weighted by Gasteiger charge is -2.22. The van der Waals surface area contributed by atoms with E-state index in [2.05, 4.69) is 5.32 Å². The van der Waals surface area contributed by atoms with Crippen molar-refractivity contribution in [1.82, 2.24) is 4.90 Å². The molecule has 27 heavy (non-hydrogen) atoms. The zero-order valence-corrected chi connectivity index (χ0v) is 14.7. The summed E-state index contributed by atoms with van der Waals surface area (Å²) in [6.45, 7) is 0.798. The molecule has 154 valence electrons. The number of carboxylic acid groups (broad SMARTS) is 1. The number of nitrogens with one attached hydrogen (secondary N) is 1. The van der Waals surface area contributed by atoms with Crippen molar-refractivity contribution in [2.45, 2.75) is 6.18 Å². The molecular formula is C15H22F3N3O6. The van der Waals surface area contributed by atoms with E-state index in [0.717, 1.165) is 0 Å². The highest BCUT2D eigenvalue weighted by Crippen LogP contribution is 2.29. The highest BCUT2D eigenvalue weighted by atomic mass is 19.4. The van der Waals surface area contributed by atoms with Gasteiger partial charge in [0.05, 0.1) is 26.5 Å². The maximum Gasteiger partial charge on any atom is 0.490 e. The number of hydrogen-bond donors (Lipinski definition) is 4. The van der Waals surface area contributed by atoms with Crippen LogP contribution in [0.5, 0.6) is 11.5 Å². The van der Waals surface area contributed by atoms with Crippen molar-refractivity contribution >= 4 is 17.7 Å². The Morgan fingerprint density at radius 2 is 1.81 bits per heavy atom. The Hall–Kier alpha value is -2.73. The number of anilines is 1. The zero-order chi connectivity index (χ0) is 21.0. The molecule has 0 atom stereocenters. The Labute approximate surface area is 153 Å². The van der Waals surface area contributed by atoms with Crippen molar-refractivity contribution in [3.63, 3.8) is 0 Å². The van der Waals surface area contributed by atoms with Crippen molar-refractivity contribution in [3.8, 4) is 11.5 Å². The van der Waals surface area contributed by atoms with Crippen molar-refractivity contribution in [1.29, 1.82) is 0 Å². The summed E-state index contributed by atoms with van der Waals surface area (Å²) in [5, 5.41) is 18.8. The third-order valence-corrected chi connectivity index (χ3v) is 2.95. The van der Waals surface area contributed by atoms with Crippen LogP contribution in [0.25, 0.3) is 0 Å². The van der Waals surface area contributed by atoms with Crippen LogP contribution in [0.4, 0.5) is 23.7 Å². The Balaban J connectivity index is 0.000000821. The smallest absolute Gasteiger partial charge is 0.490 e. The van der Waals surface area contributed by atoms with E-state index in [1.54, 1.807) is 25.3 Å². The molecule has 0 aliphatic rings. The first-order valence-electron chi connectivity index (χ1n) is 7.49. The minimum absolute atomic E-state index is 0.118. The molecule has 12 heteroatoms. The molecule has 0 saturated carbocycles. The lowest BCUT2D eigenvalue weighted by atomic mass is 10.2. The summed E-state index contributed by atoms with van der Waals surface area (Å²) in [5.41, 5.74) is 5.97. The first-order valence-corrected chi connectivity index (χ1v) is 7.49. The number of halogens is 3. The van der Waals surface area contributed by atoms with Crippen LogP contribution >= 0.6 is 0 Å². The van der Waals surface area contributed by atoms with Crippen LogP contribution in [0, 0.1) is 0 Å². The van der Waals surface area contributed by atoms with E-state index in [1.165, 1.54) is 12.0 Å². The number of aliphatic hydroxyl groups excluding tert-OH is 1. The van der Waals surface area contributed by atoms with Crippen molar-refractivity contribution < 1.29 is 42.4 Å². The van der Waals surface area contributed by atoms with Crippen molar-refractivity contribution in [3.05, 3.63) is 18.2 Å². The van der Waals surface area contributed by atoms with E-state index < -0.39 is 12.1 Å². The second-order valence-corrected chi connectivity index (χ2v) is 4.80. The molecule has 0 fully saturated rings. The third-order valence-electron chi connectivity index (χ3n) is 2.95. The van der Waals surface area contributed by atoms with Gasteiger partial charge >= 0.3 is 18.2 Å². The average molecular weight is 397 g/mol. The van der Waals surface area contributed by atoms with Gasteiger partial charge in [-0.3, -0.25) is 0 Å². The fourth-order valence-electron chi connectivity index (χ4n) is 1.69. The fraction of sp³-hybridized carbons (Fsp3) is 0.467. The van der Waals surface area contributed by atoms with E-state index in [0.29, 0.717) is 30.3 Å². The van der Waals surface area contributed by atoms with Crippen LogP contribution in [0.15, 0.2) is 18.2 Å². The minimum Gasteiger partial charge on any atom is -0.497 e. The number of nitrogens with two attached hydrogens (primary N) is 1. The maximum atomic E-state index is 12.1. The molecule has 5 N–H and O–H groups in total. The number of carbonyl (C=O) groups is 2. The fourth-order valence-corrected chi connectivity index (χ4v) is 1.69. The summed E-state index contributed by atoms with van der Waals surface area (Å²) in [5.74, 6) is -1.63. The highest BCUT2D eigenvalue weighted by molar-refractivity contribution is 5.91. The van der Waals surface area contributed by atoms with Gasteiger partial charge in [-0.1, -0.05) is 0 Å². The van der Waals surface area contributed by atoms with Gasteiger partial charge in [0.1, 0.15) is 11.5 Å². The van der Waals surface area contributed by atoms with Gasteiger partial charge < -0.3 is 35.6 Å². The van der Waals surface area contributed by atoms with E-state index in [1.807, 2.05) is 0 Å². The first kappa shape index (κ1) is 24.3. The standard InChI is InChI=1S/C13H21N3O4.C2HF3O2/c1-19-10-3-4-11(12(9-10)20-2)15-13(18)16(6-5-14)7-8-17;3-2(4,5)1(6)7/h3-4,9,17H,5-8,14H2,1-2H3,(H,15,18);(H,6,7). The maximum absolute atomic E-state index is 12.1. The highest BCUT2D eigenvalue weighted by Gasteiger charge is 2.38. The number of aliphatic hydroxyl groups is 1. The van der Waals surface area contributed by atoms with Crippen LogP contribution in [-0.4, -0.2) is 73.8 Å². The second-order valence-electron chi connectivity index (χ2n) is 4.80. The van der Waals surface area contributed by atoms with Crippen LogP contribution in [0.3, 0.4) is 0 Å². The molecule has 1 aromatic carbocycles. The molecule has 1 aromatic rings. The van der Waals surface area contributed by atoms with E-state index in [4.69, 9.17) is 30.2 Å². The van der Waals surface area contributed by atoms with Crippen LogP contribution in [0.2, 0.25) is 0 Å². The van der Waals surface area contributed by atoms with Crippen LogP contribution in [0.1, 0.15) is 0 Å². The molecule has 0 spiro atoms. The second kappa shape index (κ2) is 11.8. The molecule has 2 amide bonds. The molecule has 0 bridgehead atoms. The number of ether oxygens (including phenoxy) is 2. The van der Waals surface area contributed by atoms with Crippen LogP contribution in [-0.2, 0) is 4.79 Å². The Morgan fingerprint density at radius 1 is 1.22 bits per heavy atom. The van der Waals surface area contributed by atoms with Gasteiger partial charge in [-0.25, -0.2) is 9.59 Å². The number of urea groups is 1. The van der Waals surface area contributed by atoms with E-state index in [9.17, 15) is 18.0 Å². The number of carboxylic acids is 1. The number of methoxy groups -OCH3 is 2. The predicted molar refractivity (Wildman–Crippen MR) is 90.0 cm³/mol. The molecule has 9 nitrogen and oxygen atoms in total. The van der Waals surface area contributed by atoms with E-state index in [-0.39, 0.29) is 19.2 Å². The van der Waals surface area contributed by atoms with Gasteiger partial charge in [-0.2, -0.15) is 13.2 Å². The summed E-state index contributed by atoms with van der Waals surface area (Å²) < 4.78 is 42.0. The summed E-state index contributed by atoms with van der Waals surface area (Å²) in [7, 11) is 3.06. The Kier molecular flexibility index (Phi) is 10.6. The monoisotopic (exact) mass is 397 g/mol. The van der Waals surface area contributed by atoms with Gasteiger partial charge in [0.25, 0.3) is 0 Å². The van der Waals surface area contributed by atoms with Crippen molar-refractivity contribution in [2.24, 2.45) is 5.73 Å². The van der Waals surface area contributed by atoms with Gasteiger partial charge in [0.2, 0.25) is 0 Å². The van der Waals surface area contributed by atoms with E-state index >= 15 is 0 Å². The quantitative estimate of drug-likeness (QED) is 0.542. The number of alkyl halides is 3. The normalized spacial score (nSPS) is 10.3. The molecule has 0 saturated heterocycles. The number of hydrogen-bond acceptors (Lipinski definition) is 6.